The summed E-state index contributed by atoms with van der Waals surface area (Å²) in [6, 6.07) is 13.1. The van der Waals surface area contributed by atoms with Gasteiger partial charge in [-0.05, 0) is 46.2 Å². The minimum atomic E-state index is 0.0164. The zero-order chi connectivity index (χ0) is 20.7. The number of hydrogen-bond donors (Lipinski definition) is 2. The highest BCUT2D eigenvalue weighted by atomic mass is 16.3. The molecule has 2 N–H and O–H groups in total. The highest BCUT2D eigenvalue weighted by Gasteiger charge is 2.42. The van der Waals surface area contributed by atoms with Crippen molar-refractivity contribution in [1.82, 2.24) is 0 Å². The van der Waals surface area contributed by atoms with Crippen molar-refractivity contribution in [3.8, 4) is 11.1 Å². The number of fused-ring (bicyclic) bond motifs is 3. The van der Waals surface area contributed by atoms with Crippen LogP contribution < -0.4 is 0 Å². The van der Waals surface area contributed by atoms with Gasteiger partial charge in [-0.1, -0.05) is 102 Å². The summed E-state index contributed by atoms with van der Waals surface area (Å²) < 4.78 is 0. The summed E-state index contributed by atoms with van der Waals surface area (Å²) in [6.45, 7) is 4.71. The van der Waals surface area contributed by atoms with Gasteiger partial charge in [0.05, 0.1) is 13.2 Å². The number of rotatable bonds is 12. The topological polar surface area (TPSA) is 40.5 Å². The molecule has 1 aliphatic rings. The van der Waals surface area contributed by atoms with Crippen LogP contribution in [0.3, 0.4) is 0 Å². The molecule has 0 aromatic heterocycles. The molecule has 2 heteroatoms. The average Bonchev–Trinajstić information content (AvgIpc) is 3.03. The molecular weight excluding hydrogens is 356 g/mol. The van der Waals surface area contributed by atoms with Gasteiger partial charge in [-0.25, -0.2) is 0 Å². The molecule has 0 saturated heterocycles. The van der Waals surface area contributed by atoms with Crippen molar-refractivity contribution >= 4 is 0 Å². The highest BCUT2D eigenvalue weighted by molar-refractivity contribution is 5.81. The molecule has 0 atom stereocenters. The molecule has 2 aromatic carbocycles. The molecular formula is C27H38O2. The Kier molecular flexibility index (Phi) is 7.91. The second-order valence-corrected chi connectivity index (χ2v) is 8.78. The summed E-state index contributed by atoms with van der Waals surface area (Å²) in [6.07, 6.45) is 12.4. The summed E-state index contributed by atoms with van der Waals surface area (Å²) in [5.41, 5.74) is 7.49. The largest absolute Gasteiger partial charge is 0.392 e. The Balaban J connectivity index is 2.07. The monoisotopic (exact) mass is 394 g/mol. The molecule has 0 amide bonds. The lowest BCUT2D eigenvalue weighted by Crippen LogP contribution is -2.26. The summed E-state index contributed by atoms with van der Waals surface area (Å²) in [5.74, 6) is 0. The van der Waals surface area contributed by atoms with Crippen LogP contribution in [0.2, 0.25) is 0 Å². The Morgan fingerprint density at radius 3 is 1.45 bits per heavy atom. The van der Waals surface area contributed by atoms with Crippen LogP contribution in [0.1, 0.15) is 100 Å². The lowest BCUT2D eigenvalue weighted by atomic mass is 9.70. The Morgan fingerprint density at radius 1 is 0.621 bits per heavy atom. The van der Waals surface area contributed by atoms with Gasteiger partial charge < -0.3 is 10.2 Å². The lowest BCUT2D eigenvalue weighted by molar-refractivity contribution is 0.281. The van der Waals surface area contributed by atoms with Gasteiger partial charge in [0.25, 0.3) is 0 Å². The van der Waals surface area contributed by atoms with E-state index in [0.29, 0.717) is 0 Å². The number of unbranched alkanes of at least 4 members (excludes halogenated alkanes) is 6. The van der Waals surface area contributed by atoms with Crippen molar-refractivity contribution in [2.75, 3.05) is 0 Å². The van der Waals surface area contributed by atoms with E-state index in [1.54, 1.807) is 0 Å². The molecule has 158 valence electrons. The number of benzene rings is 2. The van der Waals surface area contributed by atoms with Crippen molar-refractivity contribution in [1.29, 1.82) is 0 Å². The molecule has 3 rings (SSSR count). The zero-order valence-corrected chi connectivity index (χ0v) is 18.3. The first-order valence-electron chi connectivity index (χ1n) is 11.7. The predicted octanol–water partition coefficient (Wildman–Crippen LogP) is 6.88. The summed E-state index contributed by atoms with van der Waals surface area (Å²) in [7, 11) is 0. The van der Waals surface area contributed by atoms with E-state index in [4.69, 9.17) is 0 Å². The van der Waals surface area contributed by atoms with Crippen LogP contribution in [0, 0.1) is 0 Å². The van der Waals surface area contributed by atoms with E-state index in [1.807, 2.05) is 0 Å². The lowest BCUT2D eigenvalue weighted by Gasteiger charge is -2.33. The van der Waals surface area contributed by atoms with Crippen LogP contribution in [-0.2, 0) is 18.6 Å². The summed E-state index contributed by atoms with van der Waals surface area (Å²) >= 11 is 0. The normalized spacial score (nSPS) is 14.1. The molecule has 2 aromatic rings. The van der Waals surface area contributed by atoms with Gasteiger partial charge in [0.1, 0.15) is 0 Å². The van der Waals surface area contributed by atoms with Gasteiger partial charge in [-0.3, -0.25) is 0 Å². The molecule has 0 fully saturated rings. The molecule has 0 bridgehead atoms. The summed E-state index contributed by atoms with van der Waals surface area (Å²) in [5, 5.41) is 19.6. The molecule has 0 unspecified atom stereocenters. The van der Waals surface area contributed by atoms with Crippen LogP contribution in [0.4, 0.5) is 0 Å². The predicted molar refractivity (Wildman–Crippen MR) is 122 cm³/mol. The van der Waals surface area contributed by atoms with E-state index in [2.05, 4.69) is 50.2 Å². The molecule has 0 radical (unpaired) electrons. The fraction of sp³-hybridized carbons (Fsp3) is 0.556. The smallest absolute Gasteiger partial charge is 0.0681 e. The van der Waals surface area contributed by atoms with Crippen molar-refractivity contribution in [2.24, 2.45) is 0 Å². The Bertz CT molecular complexity index is 726. The number of aliphatic hydroxyl groups is 2. The van der Waals surface area contributed by atoms with Crippen LogP contribution in [0.15, 0.2) is 36.4 Å². The standard InChI is InChI=1S/C27H38O2/c1-3-5-7-9-15-27(16-10-8-6-4-2)25-17-21(19-28)11-13-23(25)24-14-12-22(20-29)18-26(24)27/h11-14,17-18,28-29H,3-10,15-16,19-20H2,1-2H3. The highest BCUT2D eigenvalue weighted by Crippen LogP contribution is 2.54. The van der Waals surface area contributed by atoms with Crippen LogP contribution in [-0.4, -0.2) is 10.2 Å². The van der Waals surface area contributed by atoms with E-state index in [1.165, 1.54) is 73.6 Å². The first-order valence-corrected chi connectivity index (χ1v) is 11.7. The molecule has 0 aliphatic heterocycles. The quantitative estimate of drug-likeness (QED) is 0.385. The Morgan fingerprint density at radius 2 is 1.07 bits per heavy atom. The van der Waals surface area contributed by atoms with Gasteiger partial charge in [-0.15, -0.1) is 0 Å². The van der Waals surface area contributed by atoms with E-state index in [-0.39, 0.29) is 18.6 Å². The third kappa shape index (κ3) is 4.59. The minimum absolute atomic E-state index is 0.0164. The van der Waals surface area contributed by atoms with Crippen molar-refractivity contribution < 1.29 is 10.2 Å². The maximum Gasteiger partial charge on any atom is 0.0681 e. The minimum Gasteiger partial charge on any atom is -0.392 e. The second-order valence-electron chi connectivity index (χ2n) is 8.78. The first-order chi connectivity index (χ1) is 14.2. The zero-order valence-electron chi connectivity index (χ0n) is 18.3. The number of aliphatic hydroxyl groups excluding tert-OH is 2. The van der Waals surface area contributed by atoms with Gasteiger partial charge in [0.15, 0.2) is 0 Å². The van der Waals surface area contributed by atoms with E-state index >= 15 is 0 Å². The fourth-order valence-corrected chi connectivity index (χ4v) is 5.16. The van der Waals surface area contributed by atoms with Gasteiger partial charge >= 0.3 is 0 Å². The van der Waals surface area contributed by atoms with Gasteiger partial charge in [-0.2, -0.15) is 0 Å². The number of hydrogen-bond acceptors (Lipinski definition) is 2. The molecule has 0 saturated carbocycles. The Hall–Kier alpha value is -1.64. The van der Waals surface area contributed by atoms with Crippen molar-refractivity contribution in [3.63, 3.8) is 0 Å². The van der Waals surface area contributed by atoms with Crippen LogP contribution in [0.5, 0.6) is 0 Å². The molecule has 29 heavy (non-hydrogen) atoms. The molecule has 1 aliphatic carbocycles. The van der Waals surface area contributed by atoms with Gasteiger partial charge in [0.2, 0.25) is 0 Å². The van der Waals surface area contributed by atoms with Gasteiger partial charge in [0, 0.05) is 5.41 Å². The van der Waals surface area contributed by atoms with E-state index in [0.717, 1.165) is 24.0 Å². The summed E-state index contributed by atoms with van der Waals surface area (Å²) in [4.78, 5) is 0. The van der Waals surface area contributed by atoms with Crippen molar-refractivity contribution in [3.05, 3.63) is 58.7 Å². The SMILES string of the molecule is CCCCCCC1(CCCCCC)c2cc(CO)ccc2-c2ccc(CO)cc21. The third-order valence-electron chi connectivity index (χ3n) is 6.77. The Labute approximate surface area is 177 Å². The van der Waals surface area contributed by atoms with Crippen LogP contribution >= 0.6 is 0 Å². The molecule has 0 spiro atoms. The fourth-order valence-electron chi connectivity index (χ4n) is 5.16. The third-order valence-corrected chi connectivity index (χ3v) is 6.77. The van der Waals surface area contributed by atoms with E-state index < -0.39 is 0 Å². The first kappa shape index (κ1) is 22.1. The molecule has 0 heterocycles. The van der Waals surface area contributed by atoms with Crippen LogP contribution in [0.25, 0.3) is 11.1 Å². The second kappa shape index (κ2) is 10.4. The van der Waals surface area contributed by atoms with Crippen molar-refractivity contribution in [2.45, 2.75) is 96.7 Å². The maximum absolute atomic E-state index is 9.80. The van der Waals surface area contributed by atoms with E-state index in [9.17, 15) is 10.2 Å². The average molecular weight is 395 g/mol. The maximum atomic E-state index is 9.80. The molecule has 2 nitrogen and oxygen atoms in total.